The lowest BCUT2D eigenvalue weighted by Crippen LogP contribution is -2.30. The Morgan fingerprint density at radius 1 is 1.15 bits per heavy atom. The van der Waals surface area contributed by atoms with Crippen molar-refractivity contribution in [3.8, 4) is 0 Å². The van der Waals surface area contributed by atoms with Crippen LogP contribution in [0.3, 0.4) is 0 Å². The van der Waals surface area contributed by atoms with E-state index in [9.17, 15) is 14.4 Å². The van der Waals surface area contributed by atoms with Crippen LogP contribution in [-0.2, 0) is 9.53 Å². The first kappa shape index (κ1) is 20.0. The molecule has 0 aliphatic carbocycles. The molecular weight excluding hydrogens is 374 g/mol. The Labute approximate surface area is 161 Å². The summed E-state index contributed by atoms with van der Waals surface area (Å²) in [5.74, 6) is -1.29. The molecule has 0 aliphatic heterocycles. The number of rotatable bonds is 6. The van der Waals surface area contributed by atoms with Crippen molar-refractivity contribution in [1.29, 1.82) is 0 Å². The smallest absolute Gasteiger partial charge is 0.340 e. The highest BCUT2D eigenvalue weighted by Crippen LogP contribution is 2.24. The lowest BCUT2D eigenvalue weighted by atomic mass is 10.1. The Morgan fingerprint density at radius 2 is 1.88 bits per heavy atom. The van der Waals surface area contributed by atoms with Crippen LogP contribution < -0.4 is 5.32 Å². The first-order valence-corrected chi connectivity index (χ1v) is 9.38. The van der Waals surface area contributed by atoms with Gasteiger partial charge >= 0.3 is 5.97 Å². The van der Waals surface area contributed by atoms with Crippen LogP contribution in [0, 0.1) is 0 Å². The Bertz CT molecular complexity index is 853. The molecule has 0 saturated carbocycles. The number of carbonyl (C=O) groups is 3. The first-order chi connectivity index (χ1) is 12.3. The second-order valence-corrected chi connectivity index (χ2v) is 6.81. The van der Waals surface area contributed by atoms with Crippen molar-refractivity contribution in [2.24, 2.45) is 0 Å². The molecule has 2 rings (SSSR count). The van der Waals surface area contributed by atoms with Crippen molar-refractivity contribution in [3.63, 3.8) is 0 Å². The molecule has 0 unspecified atom stereocenters. The summed E-state index contributed by atoms with van der Waals surface area (Å²) in [6, 6.07) is 11.6. The molecule has 0 fully saturated rings. The van der Waals surface area contributed by atoms with Gasteiger partial charge in [-0.3, -0.25) is 9.59 Å². The van der Waals surface area contributed by atoms with Crippen LogP contribution in [0.5, 0.6) is 0 Å². The Balaban J connectivity index is 2.06. The fourth-order valence-electron chi connectivity index (χ4n) is 2.13. The van der Waals surface area contributed by atoms with Gasteiger partial charge in [0.25, 0.3) is 5.91 Å². The number of thioether (sulfide) groups is 1. The number of hydrogen-bond acceptors (Lipinski definition) is 5. The molecule has 2 aromatic carbocycles. The van der Waals surface area contributed by atoms with Crippen LogP contribution in [0.2, 0.25) is 5.02 Å². The minimum atomic E-state index is -1.03. The van der Waals surface area contributed by atoms with Gasteiger partial charge in [0.1, 0.15) is 0 Å². The van der Waals surface area contributed by atoms with E-state index in [1.807, 2.05) is 6.26 Å². The van der Waals surface area contributed by atoms with Crippen molar-refractivity contribution < 1.29 is 19.1 Å². The lowest BCUT2D eigenvalue weighted by molar-refractivity contribution is -0.123. The zero-order chi connectivity index (χ0) is 19.3. The van der Waals surface area contributed by atoms with Gasteiger partial charge in [-0.05, 0) is 50.4 Å². The molecule has 0 aromatic heterocycles. The predicted octanol–water partition coefficient (Wildman–Crippen LogP) is 4.45. The fourth-order valence-corrected chi connectivity index (χ4v) is 2.76. The van der Waals surface area contributed by atoms with Gasteiger partial charge in [-0.1, -0.05) is 23.7 Å². The summed E-state index contributed by atoms with van der Waals surface area (Å²) in [7, 11) is 0. The molecule has 2 aromatic rings. The van der Waals surface area contributed by atoms with Gasteiger partial charge < -0.3 is 10.1 Å². The van der Waals surface area contributed by atoms with Gasteiger partial charge in [-0.15, -0.1) is 11.8 Å². The summed E-state index contributed by atoms with van der Waals surface area (Å²) < 4.78 is 5.22. The molecule has 26 heavy (non-hydrogen) atoms. The van der Waals surface area contributed by atoms with E-state index >= 15 is 0 Å². The van der Waals surface area contributed by atoms with Crippen LogP contribution in [0.15, 0.2) is 47.4 Å². The monoisotopic (exact) mass is 391 g/mol. The molecule has 0 spiro atoms. The summed E-state index contributed by atoms with van der Waals surface area (Å²) in [5.41, 5.74) is 1.14. The lowest BCUT2D eigenvalue weighted by Gasteiger charge is -2.14. The third kappa shape index (κ3) is 5.09. The number of amides is 1. The molecule has 1 amide bonds. The van der Waals surface area contributed by atoms with E-state index < -0.39 is 18.0 Å². The molecule has 136 valence electrons. The predicted molar refractivity (Wildman–Crippen MR) is 103 cm³/mol. The number of nitrogens with one attached hydrogen (secondary N) is 1. The number of carbonyl (C=O) groups excluding carboxylic acids is 3. The first-order valence-electron chi connectivity index (χ1n) is 7.78. The van der Waals surface area contributed by atoms with Crippen LogP contribution in [-0.4, -0.2) is 30.0 Å². The topological polar surface area (TPSA) is 72.5 Å². The molecule has 0 heterocycles. The van der Waals surface area contributed by atoms with E-state index in [2.05, 4.69) is 5.32 Å². The maximum absolute atomic E-state index is 12.3. The largest absolute Gasteiger partial charge is 0.449 e. The van der Waals surface area contributed by atoms with Crippen molar-refractivity contribution >= 4 is 46.7 Å². The van der Waals surface area contributed by atoms with E-state index in [-0.39, 0.29) is 16.4 Å². The summed E-state index contributed by atoms with van der Waals surface area (Å²) in [6.45, 7) is 2.91. The number of anilines is 1. The molecule has 0 aliphatic rings. The number of Topliss-reactive ketones (excluding diaryl/α,β-unsaturated/α-hetero) is 1. The zero-order valence-corrected chi connectivity index (χ0v) is 16.1. The molecule has 1 atom stereocenters. The van der Waals surface area contributed by atoms with Crippen LogP contribution in [0.25, 0.3) is 0 Å². The normalized spacial score (nSPS) is 11.5. The second kappa shape index (κ2) is 8.87. The van der Waals surface area contributed by atoms with Crippen molar-refractivity contribution in [1.82, 2.24) is 0 Å². The number of hydrogen-bond donors (Lipinski definition) is 1. The van der Waals surface area contributed by atoms with E-state index in [1.54, 1.807) is 42.5 Å². The summed E-state index contributed by atoms with van der Waals surface area (Å²) >= 11 is 7.51. The van der Waals surface area contributed by atoms with Crippen LogP contribution in [0.1, 0.15) is 34.6 Å². The van der Waals surface area contributed by atoms with E-state index in [4.69, 9.17) is 16.3 Å². The maximum Gasteiger partial charge on any atom is 0.340 e. The highest BCUT2D eigenvalue weighted by atomic mass is 35.5. The number of esters is 1. The van der Waals surface area contributed by atoms with Crippen molar-refractivity contribution in [2.45, 2.75) is 24.8 Å². The Kier molecular flexibility index (Phi) is 6.83. The third-order valence-corrected chi connectivity index (χ3v) is 4.64. The van der Waals surface area contributed by atoms with Crippen LogP contribution in [0.4, 0.5) is 5.69 Å². The number of ketones is 1. The highest BCUT2D eigenvalue weighted by molar-refractivity contribution is 7.98. The molecule has 5 nitrogen and oxygen atoms in total. The SMILES string of the molecule is CSc1ccc(Cl)c(C(=O)O[C@@H](C)C(=O)Nc2cccc(C(C)=O)c2)c1. The van der Waals surface area contributed by atoms with Gasteiger partial charge in [-0.2, -0.15) is 0 Å². The highest BCUT2D eigenvalue weighted by Gasteiger charge is 2.21. The van der Waals surface area contributed by atoms with Gasteiger partial charge in [0.15, 0.2) is 11.9 Å². The second-order valence-electron chi connectivity index (χ2n) is 5.52. The Hall–Kier alpha value is -2.31. The van der Waals surface area contributed by atoms with Gasteiger partial charge in [0.05, 0.1) is 10.6 Å². The van der Waals surface area contributed by atoms with E-state index in [1.165, 1.54) is 25.6 Å². The average Bonchev–Trinajstić information content (AvgIpc) is 2.62. The molecule has 0 radical (unpaired) electrons. The van der Waals surface area contributed by atoms with Crippen molar-refractivity contribution in [2.75, 3.05) is 11.6 Å². The summed E-state index contributed by atoms with van der Waals surface area (Å²) in [5, 5.41) is 2.88. The number of halogens is 1. The number of ether oxygens (including phenoxy) is 1. The van der Waals surface area contributed by atoms with Crippen LogP contribution >= 0.6 is 23.4 Å². The molecule has 1 N–H and O–H groups in total. The molecular formula is C19H18ClNO4S. The zero-order valence-electron chi connectivity index (χ0n) is 14.5. The summed E-state index contributed by atoms with van der Waals surface area (Å²) in [6.07, 6.45) is 0.848. The maximum atomic E-state index is 12.3. The minimum absolute atomic E-state index is 0.108. The Morgan fingerprint density at radius 3 is 2.54 bits per heavy atom. The van der Waals surface area contributed by atoms with E-state index in [0.717, 1.165) is 4.90 Å². The van der Waals surface area contributed by atoms with Gasteiger partial charge in [0, 0.05) is 16.1 Å². The molecule has 0 bridgehead atoms. The van der Waals surface area contributed by atoms with Gasteiger partial charge in [-0.25, -0.2) is 4.79 Å². The minimum Gasteiger partial charge on any atom is -0.449 e. The molecule has 0 saturated heterocycles. The average molecular weight is 392 g/mol. The fraction of sp³-hybridized carbons (Fsp3) is 0.211. The van der Waals surface area contributed by atoms with Crippen molar-refractivity contribution in [3.05, 3.63) is 58.6 Å². The quantitative estimate of drug-likeness (QED) is 0.447. The molecule has 7 heteroatoms. The standard InChI is InChI=1S/C19H18ClNO4S/c1-11(22)13-5-4-6-14(9-13)21-18(23)12(2)25-19(24)16-10-15(26-3)7-8-17(16)20/h4-10,12H,1-3H3,(H,21,23)/t12-/m0/s1. The third-order valence-electron chi connectivity index (χ3n) is 3.58. The number of benzene rings is 2. The van der Waals surface area contributed by atoms with E-state index in [0.29, 0.717) is 11.3 Å². The van der Waals surface area contributed by atoms with Gasteiger partial charge in [0.2, 0.25) is 0 Å². The summed E-state index contributed by atoms with van der Waals surface area (Å²) in [4.78, 5) is 36.8.